The highest BCUT2D eigenvalue weighted by Gasteiger charge is 2.14. The molecule has 3 rings (SSSR count). The summed E-state index contributed by atoms with van der Waals surface area (Å²) < 4.78 is 5.32. The SMILES string of the molecule is COc1ccccc1[C@@H](O)c1ccc(C#Cc2ccccc2)cc1. The Labute approximate surface area is 142 Å². The average Bonchev–Trinajstić information content (AvgIpc) is 2.67. The zero-order valence-electron chi connectivity index (χ0n) is 13.4. The Morgan fingerprint density at radius 2 is 1.33 bits per heavy atom. The molecule has 2 nitrogen and oxygen atoms in total. The minimum Gasteiger partial charge on any atom is -0.496 e. The maximum atomic E-state index is 10.6. The zero-order valence-corrected chi connectivity index (χ0v) is 13.4. The molecule has 3 aromatic carbocycles. The third-order valence-electron chi connectivity index (χ3n) is 3.78. The van der Waals surface area contributed by atoms with Gasteiger partial charge in [-0.1, -0.05) is 60.4 Å². The van der Waals surface area contributed by atoms with Gasteiger partial charge in [-0.05, 0) is 35.9 Å². The van der Waals surface area contributed by atoms with E-state index in [1.54, 1.807) is 7.11 Å². The molecular formula is C22H18O2. The molecule has 0 saturated carbocycles. The third kappa shape index (κ3) is 3.65. The molecule has 24 heavy (non-hydrogen) atoms. The van der Waals surface area contributed by atoms with Crippen molar-refractivity contribution in [2.24, 2.45) is 0 Å². The van der Waals surface area contributed by atoms with Gasteiger partial charge >= 0.3 is 0 Å². The van der Waals surface area contributed by atoms with Crippen LogP contribution in [0.15, 0.2) is 78.9 Å². The van der Waals surface area contributed by atoms with Gasteiger partial charge in [-0.25, -0.2) is 0 Å². The Morgan fingerprint density at radius 3 is 2.00 bits per heavy atom. The largest absolute Gasteiger partial charge is 0.496 e. The number of para-hydroxylation sites is 1. The number of methoxy groups -OCH3 is 1. The van der Waals surface area contributed by atoms with E-state index in [-0.39, 0.29) is 0 Å². The first-order valence-electron chi connectivity index (χ1n) is 7.76. The van der Waals surface area contributed by atoms with Crippen LogP contribution in [0.4, 0.5) is 0 Å². The molecule has 0 unspecified atom stereocenters. The molecule has 0 aliphatic rings. The minimum atomic E-state index is -0.725. The Bertz CT molecular complexity index is 856. The molecule has 118 valence electrons. The lowest BCUT2D eigenvalue weighted by molar-refractivity contribution is 0.214. The van der Waals surface area contributed by atoms with Gasteiger partial charge in [0.2, 0.25) is 0 Å². The molecule has 3 aromatic rings. The topological polar surface area (TPSA) is 29.5 Å². The van der Waals surface area contributed by atoms with Crippen molar-refractivity contribution >= 4 is 0 Å². The summed E-state index contributed by atoms with van der Waals surface area (Å²) in [7, 11) is 1.60. The van der Waals surface area contributed by atoms with Crippen LogP contribution in [0.5, 0.6) is 5.75 Å². The second-order valence-corrected chi connectivity index (χ2v) is 5.38. The zero-order chi connectivity index (χ0) is 16.8. The second-order valence-electron chi connectivity index (χ2n) is 5.38. The van der Waals surface area contributed by atoms with E-state index in [1.165, 1.54) is 0 Å². The Morgan fingerprint density at radius 1 is 0.750 bits per heavy atom. The van der Waals surface area contributed by atoms with Crippen molar-refractivity contribution in [1.82, 2.24) is 0 Å². The van der Waals surface area contributed by atoms with E-state index in [2.05, 4.69) is 11.8 Å². The summed E-state index contributed by atoms with van der Waals surface area (Å²) in [5.74, 6) is 6.94. The van der Waals surface area contributed by atoms with Gasteiger partial charge in [0, 0.05) is 16.7 Å². The predicted octanol–water partition coefficient (Wildman–Crippen LogP) is 4.18. The summed E-state index contributed by atoms with van der Waals surface area (Å²) in [6.07, 6.45) is -0.725. The van der Waals surface area contributed by atoms with E-state index in [0.717, 1.165) is 22.3 Å². The van der Waals surface area contributed by atoms with Crippen molar-refractivity contribution in [1.29, 1.82) is 0 Å². The van der Waals surface area contributed by atoms with Crippen LogP contribution >= 0.6 is 0 Å². The first-order chi connectivity index (χ1) is 11.8. The van der Waals surface area contributed by atoms with E-state index >= 15 is 0 Å². The highest BCUT2D eigenvalue weighted by Crippen LogP contribution is 2.29. The standard InChI is InChI=1S/C22H18O2/c1-24-21-10-6-5-9-20(21)22(23)19-15-13-18(14-16-19)12-11-17-7-3-2-4-8-17/h2-10,13-16,22-23H,1H3/t22-/m0/s1. The van der Waals surface area contributed by atoms with E-state index < -0.39 is 6.10 Å². The molecule has 0 aromatic heterocycles. The lowest BCUT2D eigenvalue weighted by Crippen LogP contribution is -2.02. The van der Waals surface area contributed by atoms with Crippen LogP contribution in [0.1, 0.15) is 28.4 Å². The van der Waals surface area contributed by atoms with Gasteiger partial charge in [-0.15, -0.1) is 0 Å². The van der Waals surface area contributed by atoms with Crippen molar-refractivity contribution in [3.63, 3.8) is 0 Å². The van der Waals surface area contributed by atoms with Crippen LogP contribution in [0.25, 0.3) is 0 Å². The molecule has 0 amide bonds. The summed E-state index contributed by atoms with van der Waals surface area (Å²) >= 11 is 0. The molecule has 1 atom stereocenters. The van der Waals surface area contributed by atoms with Gasteiger partial charge < -0.3 is 9.84 Å². The van der Waals surface area contributed by atoms with Gasteiger partial charge in [-0.3, -0.25) is 0 Å². The van der Waals surface area contributed by atoms with Crippen LogP contribution in [-0.4, -0.2) is 12.2 Å². The van der Waals surface area contributed by atoms with E-state index in [9.17, 15) is 5.11 Å². The van der Waals surface area contributed by atoms with Crippen LogP contribution in [0, 0.1) is 11.8 Å². The highest BCUT2D eigenvalue weighted by atomic mass is 16.5. The summed E-state index contributed by atoms with van der Waals surface area (Å²) in [4.78, 5) is 0. The van der Waals surface area contributed by atoms with Crippen molar-refractivity contribution in [3.8, 4) is 17.6 Å². The number of hydrogen-bond donors (Lipinski definition) is 1. The normalized spacial score (nSPS) is 11.2. The second kappa shape index (κ2) is 7.50. The predicted molar refractivity (Wildman–Crippen MR) is 95.9 cm³/mol. The molecule has 0 spiro atoms. The summed E-state index contributed by atoms with van der Waals surface area (Å²) in [6.45, 7) is 0. The van der Waals surface area contributed by atoms with E-state index in [1.807, 2.05) is 78.9 Å². The number of benzene rings is 3. The fourth-order valence-corrected chi connectivity index (χ4v) is 2.49. The fraction of sp³-hybridized carbons (Fsp3) is 0.0909. The van der Waals surface area contributed by atoms with Crippen LogP contribution in [0.2, 0.25) is 0 Å². The summed E-state index contributed by atoms with van der Waals surface area (Å²) in [5.41, 5.74) is 3.46. The molecule has 1 N–H and O–H groups in total. The van der Waals surface area contributed by atoms with Crippen molar-refractivity contribution in [3.05, 3.63) is 101 Å². The maximum absolute atomic E-state index is 10.6. The van der Waals surface area contributed by atoms with Crippen molar-refractivity contribution in [2.45, 2.75) is 6.10 Å². The monoisotopic (exact) mass is 314 g/mol. The molecule has 0 saturated heterocycles. The summed E-state index contributed by atoms with van der Waals surface area (Å²) in [6, 6.07) is 25.0. The first kappa shape index (κ1) is 15.9. The Kier molecular flexibility index (Phi) is 4.96. The van der Waals surface area contributed by atoms with Gasteiger partial charge in [0.15, 0.2) is 0 Å². The van der Waals surface area contributed by atoms with Crippen molar-refractivity contribution < 1.29 is 9.84 Å². The summed E-state index contributed by atoms with van der Waals surface area (Å²) in [5, 5.41) is 10.6. The molecule has 0 aliphatic heterocycles. The molecule has 0 heterocycles. The Balaban J connectivity index is 1.81. The number of aliphatic hydroxyl groups excluding tert-OH is 1. The van der Waals surface area contributed by atoms with Crippen LogP contribution in [0.3, 0.4) is 0 Å². The number of aliphatic hydroxyl groups is 1. The average molecular weight is 314 g/mol. The number of ether oxygens (including phenoxy) is 1. The number of hydrogen-bond acceptors (Lipinski definition) is 2. The fourth-order valence-electron chi connectivity index (χ4n) is 2.49. The third-order valence-corrected chi connectivity index (χ3v) is 3.78. The quantitative estimate of drug-likeness (QED) is 0.735. The molecule has 2 heteroatoms. The van der Waals surface area contributed by atoms with E-state index in [4.69, 9.17) is 4.74 Å². The lowest BCUT2D eigenvalue weighted by atomic mass is 9.99. The van der Waals surface area contributed by atoms with Gasteiger partial charge in [0.25, 0.3) is 0 Å². The Hall–Kier alpha value is -3.02. The molecule has 0 radical (unpaired) electrons. The molecule has 0 bridgehead atoms. The smallest absolute Gasteiger partial charge is 0.125 e. The van der Waals surface area contributed by atoms with Gasteiger partial charge in [-0.2, -0.15) is 0 Å². The number of rotatable bonds is 3. The molecule has 0 aliphatic carbocycles. The highest BCUT2D eigenvalue weighted by molar-refractivity contribution is 5.45. The van der Waals surface area contributed by atoms with Crippen LogP contribution in [-0.2, 0) is 0 Å². The lowest BCUT2D eigenvalue weighted by Gasteiger charge is -2.15. The van der Waals surface area contributed by atoms with Gasteiger partial charge in [0.1, 0.15) is 11.9 Å². The van der Waals surface area contributed by atoms with Gasteiger partial charge in [0.05, 0.1) is 7.11 Å². The first-order valence-corrected chi connectivity index (χ1v) is 7.76. The maximum Gasteiger partial charge on any atom is 0.125 e. The minimum absolute atomic E-state index is 0.679. The van der Waals surface area contributed by atoms with Crippen molar-refractivity contribution in [2.75, 3.05) is 7.11 Å². The van der Waals surface area contributed by atoms with Crippen LogP contribution < -0.4 is 4.74 Å². The molecular weight excluding hydrogens is 296 g/mol. The van der Waals surface area contributed by atoms with E-state index in [0.29, 0.717) is 5.75 Å². The molecule has 0 fully saturated rings.